The molecule has 20 heavy (non-hydrogen) atoms. The first-order valence-corrected chi connectivity index (χ1v) is 7.00. The molecule has 0 aliphatic heterocycles. The van der Waals surface area contributed by atoms with Crippen LogP contribution < -0.4 is 16.4 Å². The summed E-state index contributed by atoms with van der Waals surface area (Å²) in [4.78, 5) is 23.8. The molecule has 0 radical (unpaired) electrons. The number of carbonyl (C=O) groups excluding carboxylic acids is 2. The van der Waals surface area contributed by atoms with Gasteiger partial charge in [-0.25, -0.2) is 0 Å². The Morgan fingerprint density at radius 1 is 1.25 bits per heavy atom. The molecule has 5 nitrogen and oxygen atoms in total. The molecule has 0 aliphatic rings. The van der Waals surface area contributed by atoms with Crippen molar-refractivity contribution in [3.05, 3.63) is 45.6 Å². The molecular formula is C13H12ClN3O2S. The van der Waals surface area contributed by atoms with Gasteiger partial charge in [0.25, 0.3) is 5.91 Å². The van der Waals surface area contributed by atoms with Gasteiger partial charge in [0, 0.05) is 5.69 Å². The minimum atomic E-state index is -0.317. The van der Waals surface area contributed by atoms with Crippen molar-refractivity contribution in [3.8, 4) is 0 Å². The van der Waals surface area contributed by atoms with E-state index in [-0.39, 0.29) is 18.4 Å². The van der Waals surface area contributed by atoms with E-state index in [4.69, 9.17) is 17.3 Å². The Morgan fingerprint density at radius 2 is 2.05 bits per heavy atom. The summed E-state index contributed by atoms with van der Waals surface area (Å²) in [7, 11) is 0. The molecule has 0 unspecified atom stereocenters. The van der Waals surface area contributed by atoms with Crippen LogP contribution in [0.3, 0.4) is 0 Å². The van der Waals surface area contributed by atoms with E-state index in [0.717, 1.165) is 0 Å². The molecule has 2 amide bonds. The lowest BCUT2D eigenvalue weighted by molar-refractivity contribution is -0.114. The summed E-state index contributed by atoms with van der Waals surface area (Å²) in [6.45, 7) is -0.112. The van der Waals surface area contributed by atoms with E-state index in [9.17, 15) is 9.59 Å². The third-order valence-electron chi connectivity index (χ3n) is 2.43. The maximum Gasteiger partial charge on any atom is 0.265 e. The molecule has 0 fully saturated rings. The van der Waals surface area contributed by atoms with Crippen molar-refractivity contribution >= 4 is 46.1 Å². The molecule has 0 saturated heterocycles. The van der Waals surface area contributed by atoms with E-state index in [1.165, 1.54) is 11.3 Å². The van der Waals surface area contributed by atoms with Crippen LogP contribution in [0.2, 0.25) is 5.02 Å². The standard InChI is InChI=1S/C13H12ClN3O2S/c14-9-4-3-8(16-12(18)7-15)6-10(9)17-13(19)11-2-1-5-20-11/h1-6H,7,15H2,(H,16,18)(H,17,19). The van der Waals surface area contributed by atoms with Crippen LogP contribution in [0.5, 0.6) is 0 Å². The summed E-state index contributed by atoms with van der Waals surface area (Å²) in [5, 5.41) is 7.50. The molecule has 1 aromatic heterocycles. The quantitative estimate of drug-likeness (QED) is 0.811. The van der Waals surface area contributed by atoms with Crippen LogP contribution in [0.1, 0.15) is 9.67 Å². The lowest BCUT2D eigenvalue weighted by atomic mass is 10.2. The second kappa shape index (κ2) is 6.51. The number of halogens is 1. The highest BCUT2D eigenvalue weighted by Crippen LogP contribution is 2.26. The van der Waals surface area contributed by atoms with Crippen LogP contribution in [-0.4, -0.2) is 18.4 Å². The van der Waals surface area contributed by atoms with Gasteiger partial charge in [-0.3, -0.25) is 9.59 Å². The number of carbonyl (C=O) groups is 2. The van der Waals surface area contributed by atoms with Crippen molar-refractivity contribution in [1.29, 1.82) is 0 Å². The van der Waals surface area contributed by atoms with E-state index in [0.29, 0.717) is 21.3 Å². The van der Waals surface area contributed by atoms with Crippen LogP contribution in [-0.2, 0) is 4.79 Å². The highest BCUT2D eigenvalue weighted by atomic mass is 35.5. The Hall–Kier alpha value is -1.89. The molecule has 1 aromatic carbocycles. The van der Waals surface area contributed by atoms with Gasteiger partial charge < -0.3 is 16.4 Å². The Kier molecular flexibility index (Phi) is 4.73. The van der Waals surface area contributed by atoms with Gasteiger partial charge in [0.2, 0.25) is 5.91 Å². The molecule has 1 heterocycles. The smallest absolute Gasteiger partial charge is 0.265 e. The predicted octanol–water partition coefficient (Wildman–Crippen LogP) is 2.55. The number of rotatable bonds is 4. The van der Waals surface area contributed by atoms with Gasteiger partial charge in [-0.05, 0) is 29.6 Å². The van der Waals surface area contributed by atoms with Crippen molar-refractivity contribution in [2.75, 3.05) is 17.2 Å². The van der Waals surface area contributed by atoms with Gasteiger partial charge in [0.05, 0.1) is 22.1 Å². The second-order valence-electron chi connectivity index (χ2n) is 3.88. The third kappa shape index (κ3) is 3.57. The molecular weight excluding hydrogens is 298 g/mol. The van der Waals surface area contributed by atoms with Crippen LogP contribution >= 0.6 is 22.9 Å². The summed E-state index contributed by atoms with van der Waals surface area (Å²) in [6.07, 6.45) is 0. The normalized spacial score (nSPS) is 10.1. The van der Waals surface area contributed by atoms with Crippen LogP contribution in [0, 0.1) is 0 Å². The van der Waals surface area contributed by atoms with E-state index >= 15 is 0 Å². The Bertz CT molecular complexity index is 629. The number of thiophene rings is 1. The monoisotopic (exact) mass is 309 g/mol. The van der Waals surface area contributed by atoms with Crippen molar-refractivity contribution in [1.82, 2.24) is 0 Å². The van der Waals surface area contributed by atoms with Gasteiger partial charge in [-0.1, -0.05) is 17.7 Å². The Balaban J connectivity index is 2.16. The molecule has 0 aliphatic carbocycles. The number of nitrogens with one attached hydrogen (secondary N) is 2. The molecule has 0 spiro atoms. The van der Waals surface area contributed by atoms with Crippen molar-refractivity contribution < 1.29 is 9.59 Å². The first-order chi connectivity index (χ1) is 9.60. The van der Waals surface area contributed by atoms with Gasteiger partial charge >= 0.3 is 0 Å². The van der Waals surface area contributed by atoms with Crippen molar-refractivity contribution in [3.63, 3.8) is 0 Å². The van der Waals surface area contributed by atoms with Crippen LogP contribution in [0.15, 0.2) is 35.7 Å². The fourth-order valence-electron chi connectivity index (χ4n) is 1.50. The number of hydrogen-bond donors (Lipinski definition) is 3. The molecule has 4 N–H and O–H groups in total. The fraction of sp³-hybridized carbons (Fsp3) is 0.0769. The first kappa shape index (κ1) is 14.5. The molecule has 2 aromatic rings. The minimum absolute atomic E-state index is 0.112. The summed E-state index contributed by atoms with van der Waals surface area (Å²) >= 11 is 7.36. The highest BCUT2D eigenvalue weighted by molar-refractivity contribution is 7.12. The van der Waals surface area contributed by atoms with E-state index < -0.39 is 0 Å². The average Bonchev–Trinajstić information content (AvgIpc) is 2.96. The van der Waals surface area contributed by atoms with Gasteiger partial charge in [-0.2, -0.15) is 0 Å². The minimum Gasteiger partial charge on any atom is -0.325 e. The largest absolute Gasteiger partial charge is 0.325 e. The number of amides is 2. The maximum atomic E-state index is 12.0. The van der Waals surface area contributed by atoms with E-state index in [1.54, 1.807) is 30.3 Å². The zero-order chi connectivity index (χ0) is 14.5. The van der Waals surface area contributed by atoms with Crippen molar-refractivity contribution in [2.24, 2.45) is 5.73 Å². The SMILES string of the molecule is NCC(=O)Nc1ccc(Cl)c(NC(=O)c2cccs2)c1. The number of hydrogen-bond acceptors (Lipinski definition) is 4. The second-order valence-corrected chi connectivity index (χ2v) is 5.23. The molecule has 2 rings (SSSR count). The highest BCUT2D eigenvalue weighted by Gasteiger charge is 2.10. The lowest BCUT2D eigenvalue weighted by Crippen LogP contribution is -2.22. The average molecular weight is 310 g/mol. The number of benzene rings is 1. The summed E-state index contributed by atoms with van der Waals surface area (Å²) in [5.41, 5.74) is 6.18. The number of nitrogens with two attached hydrogens (primary N) is 1. The van der Waals surface area contributed by atoms with Crippen molar-refractivity contribution in [2.45, 2.75) is 0 Å². The van der Waals surface area contributed by atoms with Gasteiger partial charge in [0.15, 0.2) is 0 Å². The predicted molar refractivity (Wildman–Crippen MR) is 81.4 cm³/mol. The lowest BCUT2D eigenvalue weighted by Gasteiger charge is -2.09. The Labute approximate surface area is 124 Å². The summed E-state index contributed by atoms with van der Waals surface area (Å²) in [6, 6.07) is 8.32. The zero-order valence-electron chi connectivity index (χ0n) is 10.4. The van der Waals surface area contributed by atoms with Crippen LogP contribution in [0.4, 0.5) is 11.4 Å². The summed E-state index contributed by atoms with van der Waals surface area (Å²) in [5.74, 6) is -0.563. The molecule has 0 bridgehead atoms. The zero-order valence-corrected chi connectivity index (χ0v) is 11.9. The fourth-order valence-corrected chi connectivity index (χ4v) is 2.29. The maximum absolute atomic E-state index is 12.0. The molecule has 104 valence electrons. The molecule has 0 atom stereocenters. The third-order valence-corrected chi connectivity index (χ3v) is 3.63. The first-order valence-electron chi connectivity index (χ1n) is 5.74. The van der Waals surface area contributed by atoms with Gasteiger partial charge in [0.1, 0.15) is 0 Å². The Morgan fingerprint density at radius 3 is 2.70 bits per heavy atom. The topological polar surface area (TPSA) is 84.2 Å². The summed E-state index contributed by atoms with van der Waals surface area (Å²) < 4.78 is 0. The molecule has 0 saturated carbocycles. The van der Waals surface area contributed by atoms with E-state index in [2.05, 4.69) is 10.6 Å². The molecule has 7 heteroatoms. The van der Waals surface area contributed by atoms with E-state index in [1.807, 2.05) is 5.38 Å². The van der Waals surface area contributed by atoms with Gasteiger partial charge in [-0.15, -0.1) is 11.3 Å². The van der Waals surface area contributed by atoms with Crippen LogP contribution in [0.25, 0.3) is 0 Å². The number of anilines is 2.